The molecule has 15 heavy (non-hydrogen) atoms. The summed E-state index contributed by atoms with van der Waals surface area (Å²) in [5.41, 5.74) is 1.16. The highest BCUT2D eigenvalue weighted by atomic mass is 35.5. The second-order valence-electron chi connectivity index (χ2n) is 3.98. The van der Waals surface area contributed by atoms with Crippen molar-refractivity contribution in [3.63, 3.8) is 0 Å². The summed E-state index contributed by atoms with van der Waals surface area (Å²) >= 11 is 12.0. The number of ether oxygens (including phenoxy) is 1. The second kappa shape index (κ2) is 4.63. The van der Waals surface area contributed by atoms with Crippen LogP contribution in [-0.4, -0.2) is 13.0 Å². The molecule has 82 valence electrons. The first-order valence-electron chi connectivity index (χ1n) is 5.15. The predicted molar refractivity (Wildman–Crippen MR) is 64.2 cm³/mol. The molecule has 0 spiro atoms. The fourth-order valence-electron chi connectivity index (χ4n) is 1.96. The molecule has 1 saturated carbocycles. The summed E-state index contributed by atoms with van der Waals surface area (Å²) in [6.45, 7) is 0. The number of rotatable bonds is 4. The highest BCUT2D eigenvalue weighted by Gasteiger charge is 2.33. The molecule has 1 aliphatic carbocycles. The molecule has 1 aromatic rings. The van der Waals surface area contributed by atoms with E-state index in [0.717, 1.165) is 22.3 Å². The molecule has 0 N–H and O–H groups in total. The summed E-state index contributed by atoms with van der Waals surface area (Å²) in [7, 11) is 1.69. The molecule has 0 amide bonds. The van der Waals surface area contributed by atoms with Crippen molar-refractivity contribution >= 4 is 23.2 Å². The molecule has 1 nitrogen and oxygen atoms in total. The van der Waals surface area contributed by atoms with Gasteiger partial charge in [0.15, 0.2) is 0 Å². The molecule has 2 rings (SSSR count). The van der Waals surface area contributed by atoms with Crippen LogP contribution in [0.5, 0.6) is 5.75 Å². The summed E-state index contributed by atoms with van der Waals surface area (Å²) in [6.07, 6.45) is 2.54. The Morgan fingerprint density at radius 3 is 2.73 bits per heavy atom. The molecule has 3 heteroatoms. The lowest BCUT2D eigenvalue weighted by Crippen LogP contribution is -2.05. The topological polar surface area (TPSA) is 9.23 Å². The Bertz CT molecular complexity index is 347. The second-order valence-corrected chi connectivity index (χ2v) is 4.73. The maximum absolute atomic E-state index is 6.02. The van der Waals surface area contributed by atoms with E-state index in [-0.39, 0.29) is 0 Å². The highest BCUT2D eigenvalue weighted by molar-refractivity contribution is 6.30. The van der Waals surface area contributed by atoms with Gasteiger partial charge in [0.1, 0.15) is 5.75 Å². The van der Waals surface area contributed by atoms with Crippen molar-refractivity contribution in [3.8, 4) is 5.75 Å². The number of halogens is 2. The summed E-state index contributed by atoms with van der Waals surface area (Å²) in [5, 5.41) is 0.751. The van der Waals surface area contributed by atoms with Crippen molar-refractivity contribution in [2.45, 2.75) is 18.8 Å². The smallest absolute Gasteiger partial charge is 0.122 e. The van der Waals surface area contributed by atoms with Crippen LogP contribution in [0.25, 0.3) is 0 Å². The van der Waals surface area contributed by atoms with Gasteiger partial charge >= 0.3 is 0 Å². The van der Waals surface area contributed by atoms with Crippen LogP contribution in [0.2, 0.25) is 5.02 Å². The van der Waals surface area contributed by atoms with Crippen molar-refractivity contribution in [3.05, 3.63) is 28.8 Å². The molecule has 1 fully saturated rings. The van der Waals surface area contributed by atoms with Crippen molar-refractivity contribution in [1.29, 1.82) is 0 Å². The van der Waals surface area contributed by atoms with E-state index in [4.69, 9.17) is 27.9 Å². The molecule has 0 saturated heterocycles. The van der Waals surface area contributed by atoms with Crippen molar-refractivity contribution in [1.82, 2.24) is 0 Å². The third-order valence-electron chi connectivity index (χ3n) is 2.95. The van der Waals surface area contributed by atoms with Crippen molar-refractivity contribution in [2.24, 2.45) is 5.92 Å². The number of hydrogen-bond acceptors (Lipinski definition) is 1. The molecule has 0 aromatic heterocycles. The average Bonchev–Trinajstić information content (AvgIpc) is 3.04. The SMILES string of the molecule is COc1ccc(Cl)cc1C(CCl)C1CC1. The minimum absolute atomic E-state index is 0.389. The van der Waals surface area contributed by atoms with E-state index >= 15 is 0 Å². The summed E-state index contributed by atoms with van der Waals surface area (Å²) in [4.78, 5) is 0. The van der Waals surface area contributed by atoms with Crippen LogP contribution in [0.1, 0.15) is 24.3 Å². The molecule has 1 aromatic carbocycles. The Balaban J connectivity index is 2.34. The molecule has 1 atom stereocenters. The van der Waals surface area contributed by atoms with Gasteiger partial charge in [0, 0.05) is 22.4 Å². The van der Waals surface area contributed by atoms with Gasteiger partial charge in [0.2, 0.25) is 0 Å². The lowest BCUT2D eigenvalue weighted by molar-refractivity contribution is 0.404. The largest absolute Gasteiger partial charge is 0.496 e. The van der Waals surface area contributed by atoms with E-state index in [2.05, 4.69) is 0 Å². The van der Waals surface area contributed by atoms with Gasteiger partial charge in [-0.1, -0.05) is 11.6 Å². The van der Waals surface area contributed by atoms with Gasteiger partial charge in [-0.25, -0.2) is 0 Å². The molecule has 0 radical (unpaired) electrons. The van der Waals surface area contributed by atoms with E-state index < -0.39 is 0 Å². The lowest BCUT2D eigenvalue weighted by Gasteiger charge is -2.17. The van der Waals surface area contributed by atoms with E-state index in [1.165, 1.54) is 12.8 Å². The Morgan fingerprint density at radius 2 is 2.20 bits per heavy atom. The standard InChI is InChI=1S/C12H14Cl2O/c1-15-12-5-4-9(14)6-10(12)11(7-13)8-2-3-8/h4-6,8,11H,2-3,7H2,1H3. The highest BCUT2D eigenvalue weighted by Crippen LogP contribution is 2.46. The van der Waals surface area contributed by atoms with Crippen LogP contribution in [0, 0.1) is 5.92 Å². The maximum Gasteiger partial charge on any atom is 0.122 e. The monoisotopic (exact) mass is 244 g/mol. The molecular formula is C12H14Cl2O. The van der Waals surface area contributed by atoms with E-state index in [1.54, 1.807) is 7.11 Å². The van der Waals surface area contributed by atoms with Crippen LogP contribution in [-0.2, 0) is 0 Å². The Kier molecular flexibility index (Phi) is 3.42. The minimum atomic E-state index is 0.389. The maximum atomic E-state index is 6.02. The summed E-state index contributed by atoms with van der Waals surface area (Å²) in [5.74, 6) is 2.65. The van der Waals surface area contributed by atoms with Crippen LogP contribution >= 0.6 is 23.2 Å². The van der Waals surface area contributed by atoms with Gasteiger partial charge < -0.3 is 4.74 Å². The first-order valence-corrected chi connectivity index (χ1v) is 6.07. The van der Waals surface area contributed by atoms with Crippen LogP contribution in [0.4, 0.5) is 0 Å². The fraction of sp³-hybridized carbons (Fsp3) is 0.500. The van der Waals surface area contributed by atoms with Crippen molar-refractivity contribution in [2.75, 3.05) is 13.0 Å². The van der Waals surface area contributed by atoms with Crippen LogP contribution in [0.15, 0.2) is 18.2 Å². The molecule has 1 unspecified atom stereocenters. The summed E-state index contributed by atoms with van der Waals surface area (Å²) in [6, 6.07) is 5.74. The first-order chi connectivity index (χ1) is 7.26. The molecular weight excluding hydrogens is 231 g/mol. The Labute approximate surface area is 100 Å². The lowest BCUT2D eigenvalue weighted by atomic mass is 9.95. The number of alkyl halides is 1. The average molecular weight is 245 g/mol. The van der Waals surface area contributed by atoms with E-state index in [9.17, 15) is 0 Å². The van der Waals surface area contributed by atoms with E-state index in [1.807, 2.05) is 18.2 Å². The number of hydrogen-bond donors (Lipinski definition) is 0. The van der Waals surface area contributed by atoms with Gasteiger partial charge in [0.05, 0.1) is 7.11 Å². The van der Waals surface area contributed by atoms with Gasteiger partial charge in [-0.2, -0.15) is 0 Å². The predicted octanol–water partition coefficient (Wildman–Crippen LogP) is 4.08. The first kappa shape index (κ1) is 11.1. The molecule has 0 bridgehead atoms. The number of methoxy groups -OCH3 is 1. The summed E-state index contributed by atoms with van der Waals surface area (Å²) < 4.78 is 5.34. The van der Waals surface area contributed by atoms with Crippen molar-refractivity contribution < 1.29 is 4.74 Å². The third kappa shape index (κ3) is 2.40. The fourth-order valence-corrected chi connectivity index (χ4v) is 2.56. The third-order valence-corrected chi connectivity index (χ3v) is 3.52. The molecule has 0 heterocycles. The zero-order valence-corrected chi connectivity index (χ0v) is 10.2. The van der Waals surface area contributed by atoms with Gasteiger partial charge in [-0.15, -0.1) is 11.6 Å². The quantitative estimate of drug-likeness (QED) is 0.726. The molecule has 1 aliphatic rings. The van der Waals surface area contributed by atoms with Crippen LogP contribution < -0.4 is 4.74 Å². The van der Waals surface area contributed by atoms with E-state index in [0.29, 0.717) is 11.8 Å². The number of benzene rings is 1. The van der Waals surface area contributed by atoms with Gasteiger partial charge in [-0.05, 0) is 37.0 Å². The Morgan fingerprint density at radius 1 is 1.47 bits per heavy atom. The Hall–Kier alpha value is -0.400. The van der Waals surface area contributed by atoms with Gasteiger partial charge in [-0.3, -0.25) is 0 Å². The minimum Gasteiger partial charge on any atom is -0.496 e. The molecule has 0 aliphatic heterocycles. The normalized spacial score (nSPS) is 17.5. The van der Waals surface area contributed by atoms with Gasteiger partial charge in [0.25, 0.3) is 0 Å². The zero-order valence-electron chi connectivity index (χ0n) is 8.67. The van der Waals surface area contributed by atoms with Crippen LogP contribution in [0.3, 0.4) is 0 Å². The zero-order chi connectivity index (χ0) is 10.8.